The molecule has 0 aromatic heterocycles. The van der Waals surface area contributed by atoms with Crippen LogP contribution in [0.5, 0.6) is 5.75 Å². The van der Waals surface area contributed by atoms with Crippen molar-refractivity contribution >= 4 is 5.97 Å². The highest BCUT2D eigenvalue weighted by Crippen LogP contribution is 2.46. The van der Waals surface area contributed by atoms with E-state index in [0.717, 1.165) is 30.6 Å². The van der Waals surface area contributed by atoms with Crippen LogP contribution >= 0.6 is 0 Å². The van der Waals surface area contributed by atoms with Crippen molar-refractivity contribution in [3.8, 4) is 5.75 Å². The zero-order chi connectivity index (χ0) is 12.5. The highest BCUT2D eigenvalue weighted by atomic mass is 16.5. The first kappa shape index (κ1) is 12.0. The third kappa shape index (κ3) is 1.79. The van der Waals surface area contributed by atoms with Crippen molar-refractivity contribution in [1.82, 2.24) is 0 Å². The lowest BCUT2D eigenvalue weighted by atomic mass is 9.73. The van der Waals surface area contributed by atoms with Gasteiger partial charge in [-0.2, -0.15) is 0 Å². The molecule has 1 aliphatic carbocycles. The summed E-state index contributed by atoms with van der Waals surface area (Å²) >= 11 is 0. The number of carboxylic acids is 1. The maximum absolute atomic E-state index is 11.7. The van der Waals surface area contributed by atoms with Crippen molar-refractivity contribution in [3.05, 3.63) is 29.8 Å². The molecule has 0 spiro atoms. The van der Waals surface area contributed by atoms with Crippen LogP contribution in [0.2, 0.25) is 0 Å². The molecule has 1 aromatic carbocycles. The lowest BCUT2D eigenvalue weighted by Crippen LogP contribution is -2.38. The molecule has 3 heteroatoms. The van der Waals surface area contributed by atoms with Crippen molar-refractivity contribution in [2.75, 3.05) is 7.11 Å². The summed E-state index contributed by atoms with van der Waals surface area (Å²) in [7, 11) is 1.61. The van der Waals surface area contributed by atoms with E-state index in [9.17, 15) is 9.90 Å². The first-order valence-corrected chi connectivity index (χ1v) is 5.99. The smallest absolute Gasteiger partial charge is 0.314 e. The van der Waals surface area contributed by atoms with Crippen molar-refractivity contribution in [1.29, 1.82) is 0 Å². The lowest BCUT2D eigenvalue weighted by molar-refractivity contribution is -0.145. The van der Waals surface area contributed by atoms with Crippen LogP contribution < -0.4 is 4.74 Å². The minimum atomic E-state index is -0.702. The number of benzene rings is 1. The quantitative estimate of drug-likeness (QED) is 0.874. The number of ether oxygens (including phenoxy) is 1. The van der Waals surface area contributed by atoms with E-state index in [1.807, 2.05) is 31.2 Å². The molecule has 3 nitrogen and oxygen atoms in total. The van der Waals surface area contributed by atoms with Crippen LogP contribution in [0.4, 0.5) is 0 Å². The van der Waals surface area contributed by atoms with Crippen LogP contribution in [0.3, 0.4) is 0 Å². The van der Waals surface area contributed by atoms with Gasteiger partial charge >= 0.3 is 5.97 Å². The molecule has 0 saturated heterocycles. The van der Waals surface area contributed by atoms with Gasteiger partial charge in [0.25, 0.3) is 0 Å². The van der Waals surface area contributed by atoms with Crippen LogP contribution in [0.1, 0.15) is 31.7 Å². The van der Waals surface area contributed by atoms with Crippen molar-refractivity contribution in [3.63, 3.8) is 0 Å². The summed E-state index contributed by atoms with van der Waals surface area (Å²) < 4.78 is 5.10. The zero-order valence-electron chi connectivity index (χ0n) is 10.3. The molecule has 0 heterocycles. The molecular formula is C14H18O3. The average Bonchev–Trinajstić information content (AvgIpc) is 2.72. The van der Waals surface area contributed by atoms with Gasteiger partial charge in [-0.3, -0.25) is 4.79 Å². The summed E-state index contributed by atoms with van der Waals surface area (Å²) in [5.41, 5.74) is 0.197. The summed E-state index contributed by atoms with van der Waals surface area (Å²) in [6.07, 6.45) is 2.70. The zero-order valence-corrected chi connectivity index (χ0v) is 10.3. The van der Waals surface area contributed by atoms with Crippen LogP contribution in [0.15, 0.2) is 24.3 Å². The summed E-state index contributed by atoms with van der Waals surface area (Å²) in [5, 5.41) is 9.58. The predicted octanol–water partition coefficient (Wildman–Crippen LogP) is 2.84. The SMILES string of the molecule is COc1ccc(C2(C(=O)O)CCCC2C)cc1. The molecule has 2 rings (SSSR count). The second-order valence-electron chi connectivity index (χ2n) is 4.80. The van der Waals surface area contributed by atoms with Crippen molar-refractivity contribution in [2.24, 2.45) is 5.92 Å². The fraction of sp³-hybridized carbons (Fsp3) is 0.500. The predicted molar refractivity (Wildman–Crippen MR) is 65.3 cm³/mol. The minimum absolute atomic E-state index is 0.188. The molecule has 0 bridgehead atoms. The van der Waals surface area contributed by atoms with Gasteiger partial charge in [0, 0.05) is 0 Å². The number of rotatable bonds is 3. The highest BCUT2D eigenvalue weighted by Gasteiger charge is 2.48. The van der Waals surface area contributed by atoms with Gasteiger partial charge < -0.3 is 9.84 Å². The molecular weight excluding hydrogens is 216 g/mol. The normalized spacial score (nSPS) is 28.0. The summed E-state index contributed by atoms with van der Waals surface area (Å²) in [5.74, 6) is 0.251. The molecule has 1 aromatic rings. The van der Waals surface area contributed by atoms with Gasteiger partial charge in [0.05, 0.1) is 12.5 Å². The monoisotopic (exact) mass is 234 g/mol. The molecule has 92 valence electrons. The number of carboxylic acid groups (broad SMARTS) is 1. The first-order valence-electron chi connectivity index (χ1n) is 5.99. The molecule has 1 aliphatic rings. The van der Waals surface area contributed by atoms with Gasteiger partial charge in [-0.05, 0) is 36.5 Å². The maximum atomic E-state index is 11.7. The van der Waals surface area contributed by atoms with Gasteiger partial charge in [0.1, 0.15) is 5.75 Å². The Morgan fingerprint density at radius 3 is 2.47 bits per heavy atom. The van der Waals surface area contributed by atoms with Gasteiger partial charge in [0.2, 0.25) is 0 Å². The Balaban J connectivity index is 2.42. The van der Waals surface area contributed by atoms with Gasteiger partial charge in [0.15, 0.2) is 0 Å². The highest BCUT2D eigenvalue weighted by molar-refractivity contribution is 5.82. The van der Waals surface area contributed by atoms with E-state index in [-0.39, 0.29) is 5.92 Å². The molecule has 0 aliphatic heterocycles. The lowest BCUT2D eigenvalue weighted by Gasteiger charge is -2.29. The van der Waals surface area contributed by atoms with E-state index in [1.54, 1.807) is 7.11 Å². The summed E-state index contributed by atoms with van der Waals surface area (Å²) in [6.45, 7) is 2.03. The summed E-state index contributed by atoms with van der Waals surface area (Å²) in [6, 6.07) is 7.44. The van der Waals surface area contributed by atoms with Crippen LogP contribution in [0.25, 0.3) is 0 Å². The molecule has 1 fully saturated rings. The van der Waals surface area contributed by atoms with E-state index in [2.05, 4.69) is 0 Å². The Kier molecular flexibility index (Phi) is 3.09. The summed E-state index contributed by atoms with van der Waals surface area (Å²) in [4.78, 5) is 11.7. The third-order valence-corrected chi connectivity index (χ3v) is 4.04. The molecule has 0 radical (unpaired) electrons. The molecule has 1 N–H and O–H groups in total. The molecule has 17 heavy (non-hydrogen) atoms. The average molecular weight is 234 g/mol. The fourth-order valence-corrected chi connectivity index (χ4v) is 2.94. The van der Waals surface area contributed by atoms with Gasteiger partial charge in [-0.15, -0.1) is 0 Å². The van der Waals surface area contributed by atoms with Crippen LogP contribution in [-0.2, 0) is 10.2 Å². The number of hydrogen-bond donors (Lipinski definition) is 1. The molecule has 2 unspecified atom stereocenters. The van der Waals surface area contributed by atoms with E-state index >= 15 is 0 Å². The number of methoxy groups -OCH3 is 1. The van der Waals surface area contributed by atoms with Crippen molar-refractivity contribution < 1.29 is 14.6 Å². The Labute approximate surface area is 101 Å². The Bertz CT molecular complexity index is 410. The van der Waals surface area contributed by atoms with Gasteiger partial charge in [-0.25, -0.2) is 0 Å². The van der Waals surface area contributed by atoms with E-state index in [4.69, 9.17) is 4.74 Å². The Morgan fingerprint density at radius 1 is 1.41 bits per heavy atom. The van der Waals surface area contributed by atoms with Crippen LogP contribution in [-0.4, -0.2) is 18.2 Å². The largest absolute Gasteiger partial charge is 0.497 e. The van der Waals surface area contributed by atoms with E-state index in [0.29, 0.717) is 0 Å². The minimum Gasteiger partial charge on any atom is -0.497 e. The van der Waals surface area contributed by atoms with Crippen LogP contribution in [0, 0.1) is 5.92 Å². The van der Waals surface area contributed by atoms with Crippen molar-refractivity contribution in [2.45, 2.75) is 31.6 Å². The molecule has 0 amide bonds. The number of carbonyl (C=O) groups is 1. The second-order valence-corrected chi connectivity index (χ2v) is 4.80. The maximum Gasteiger partial charge on any atom is 0.314 e. The standard InChI is InChI=1S/C14H18O3/c1-10-4-3-9-14(10,13(15)16)11-5-7-12(17-2)8-6-11/h5-8,10H,3-4,9H2,1-2H3,(H,15,16). The van der Waals surface area contributed by atoms with E-state index in [1.165, 1.54) is 0 Å². The number of hydrogen-bond acceptors (Lipinski definition) is 2. The molecule has 1 saturated carbocycles. The Hall–Kier alpha value is -1.51. The second kappa shape index (κ2) is 4.40. The number of aliphatic carboxylic acids is 1. The van der Waals surface area contributed by atoms with Gasteiger partial charge in [-0.1, -0.05) is 25.5 Å². The topological polar surface area (TPSA) is 46.5 Å². The Morgan fingerprint density at radius 2 is 2.06 bits per heavy atom. The fourth-order valence-electron chi connectivity index (χ4n) is 2.94. The third-order valence-electron chi connectivity index (χ3n) is 4.04. The molecule has 2 atom stereocenters. The van der Waals surface area contributed by atoms with E-state index < -0.39 is 11.4 Å². The first-order chi connectivity index (χ1) is 8.11.